The number of benzene rings is 3. The number of fused-ring (bicyclic) bond motifs is 1. The van der Waals surface area contributed by atoms with Gasteiger partial charge in [-0.15, -0.1) is 17.5 Å². The van der Waals surface area contributed by atoms with Gasteiger partial charge in [-0.2, -0.15) is 0 Å². The zero-order valence-electron chi connectivity index (χ0n) is 18.2. The standard InChI is InChI=1S/C26H23N5O.ClH/c1-2-20-17-25(23-9-5-6-10-24(23)27-20)32-16-15-18-11-13-19(14-12-18)21-7-3-4-8-22(21)26-28-30-31-29-26;/h3-14,17H,2,15-16H2,1H3,(H,28,29,30,31);1H. The van der Waals surface area contributed by atoms with Crippen molar-refractivity contribution in [3.05, 3.63) is 90.1 Å². The van der Waals surface area contributed by atoms with E-state index in [1.54, 1.807) is 0 Å². The van der Waals surface area contributed by atoms with Crippen LogP contribution < -0.4 is 4.74 Å². The number of H-pyrrole nitrogens is 1. The number of aromatic nitrogens is 5. The Morgan fingerprint density at radius 3 is 2.39 bits per heavy atom. The van der Waals surface area contributed by atoms with Crippen molar-refractivity contribution >= 4 is 23.3 Å². The number of pyridine rings is 1. The van der Waals surface area contributed by atoms with E-state index in [4.69, 9.17) is 9.72 Å². The molecule has 0 bridgehead atoms. The molecule has 6 nitrogen and oxygen atoms in total. The smallest absolute Gasteiger partial charge is 0.180 e. The molecule has 166 valence electrons. The lowest BCUT2D eigenvalue weighted by Crippen LogP contribution is -2.03. The summed E-state index contributed by atoms with van der Waals surface area (Å²) in [7, 11) is 0. The second-order valence-electron chi connectivity index (χ2n) is 7.57. The second kappa shape index (κ2) is 10.2. The van der Waals surface area contributed by atoms with Crippen LogP contribution in [0.3, 0.4) is 0 Å². The first kappa shape index (κ1) is 22.4. The molecular formula is C26H24ClN5O. The fraction of sp³-hybridized carbons (Fsp3) is 0.154. The molecule has 7 heteroatoms. The van der Waals surface area contributed by atoms with E-state index < -0.39 is 0 Å². The summed E-state index contributed by atoms with van der Waals surface area (Å²) < 4.78 is 6.18. The third-order valence-electron chi connectivity index (χ3n) is 5.53. The van der Waals surface area contributed by atoms with Crippen molar-refractivity contribution in [2.45, 2.75) is 19.8 Å². The number of tetrazole rings is 1. The number of hydrogen-bond donors (Lipinski definition) is 1. The summed E-state index contributed by atoms with van der Waals surface area (Å²) in [6, 6.07) is 26.9. The van der Waals surface area contributed by atoms with Crippen LogP contribution >= 0.6 is 12.4 Å². The normalized spacial score (nSPS) is 10.7. The van der Waals surface area contributed by atoms with Crippen LogP contribution in [0.4, 0.5) is 0 Å². The van der Waals surface area contributed by atoms with Gasteiger partial charge >= 0.3 is 0 Å². The predicted molar refractivity (Wildman–Crippen MR) is 133 cm³/mol. The van der Waals surface area contributed by atoms with Gasteiger partial charge in [0, 0.05) is 29.1 Å². The summed E-state index contributed by atoms with van der Waals surface area (Å²) in [5.41, 5.74) is 6.43. The van der Waals surface area contributed by atoms with E-state index in [0.29, 0.717) is 12.4 Å². The molecule has 0 spiro atoms. The SMILES string of the molecule is CCc1cc(OCCc2ccc(-c3ccccc3-c3nnn[nH]3)cc2)c2ccccc2n1.Cl. The number of ether oxygens (including phenoxy) is 1. The number of rotatable bonds is 7. The molecule has 2 heterocycles. The maximum Gasteiger partial charge on any atom is 0.180 e. The van der Waals surface area contributed by atoms with Gasteiger partial charge in [-0.25, -0.2) is 5.10 Å². The molecule has 1 N–H and O–H groups in total. The van der Waals surface area contributed by atoms with Gasteiger partial charge in [-0.1, -0.05) is 67.6 Å². The summed E-state index contributed by atoms with van der Waals surface area (Å²) in [4.78, 5) is 4.69. The Morgan fingerprint density at radius 2 is 1.64 bits per heavy atom. The minimum absolute atomic E-state index is 0. The number of aryl methyl sites for hydroxylation is 1. The maximum atomic E-state index is 6.18. The summed E-state index contributed by atoms with van der Waals surface area (Å²) in [6.07, 6.45) is 1.71. The molecule has 2 aromatic heterocycles. The number of para-hydroxylation sites is 1. The van der Waals surface area contributed by atoms with Crippen LogP contribution in [0.2, 0.25) is 0 Å². The molecule has 0 saturated carbocycles. The number of hydrogen-bond acceptors (Lipinski definition) is 5. The molecule has 0 unspecified atom stereocenters. The molecule has 0 aliphatic carbocycles. The van der Waals surface area contributed by atoms with Crippen molar-refractivity contribution in [3.8, 4) is 28.3 Å². The van der Waals surface area contributed by atoms with Crippen molar-refractivity contribution in [2.75, 3.05) is 6.61 Å². The number of halogens is 1. The van der Waals surface area contributed by atoms with E-state index >= 15 is 0 Å². The Balaban J connectivity index is 0.00000259. The van der Waals surface area contributed by atoms with Gasteiger partial charge in [0.15, 0.2) is 5.82 Å². The van der Waals surface area contributed by atoms with Gasteiger partial charge in [0.05, 0.1) is 12.1 Å². The van der Waals surface area contributed by atoms with Crippen molar-refractivity contribution in [1.82, 2.24) is 25.6 Å². The van der Waals surface area contributed by atoms with Crippen molar-refractivity contribution in [3.63, 3.8) is 0 Å². The second-order valence-corrected chi connectivity index (χ2v) is 7.57. The minimum atomic E-state index is 0. The molecule has 33 heavy (non-hydrogen) atoms. The molecule has 5 aromatic rings. The van der Waals surface area contributed by atoms with E-state index in [0.717, 1.165) is 51.9 Å². The molecule has 0 radical (unpaired) electrons. The van der Waals surface area contributed by atoms with Crippen molar-refractivity contribution < 1.29 is 4.74 Å². The zero-order valence-corrected chi connectivity index (χ0v) is 19.0. The highest BCUT2D eigenvalue weighted by molar-refractivity contribution is 5.85. The summed E-state index contributed by atoms with van der Waals surface area (Å²) in [5.74, 6) is 1.56. The Hall–Kier alpha value is -3.77. The van der Waals surface area contributed by atoms with Crippen LogP contribution in [-0.4, -0.2) is 32.2 Å². The van der Waals surface area contributed by atoms with E-state index in [2.05, 4.69) is 70.0 Å². The van der Waals surface area contributed by atoms with E-state index in [1.165, 1.54) is 5.56 Å². The minimum Gasteiger partial charge on any atom is -0.492 e. The first-order valence-corrected chi connectivity index (χ1v) is 10.8. The topological polar surface area (TPSA) is 76.6 Å². The molecule has 0 amide bonds. The Kier molecular flexibility index (Phi) is 6.95. The molecule has 0 aliphatic heterocycles. The van der Waals surface area contributed by atoms with Crippen LogP contribution in [0, 0.1) is 0 Å². The third-order valence-corrected chi connectivity index (χ3v) is 5.53. The van der Waals surface area contributed by atoms with Gasteiger partial charge in [-0.3, -0.25) is 4.98 Å². The molecule has 3 aromatic carbocycles. The van der Waals surface area contributed by atoms with E-state index in [1.807, 2.05) is 36.4 Å². The summed E-state index contributed by atoms with van der Waals surface area (Å²) in [6.45, 7) is 2.72. The Bertz CT molecular complexity index is 1340. The quantitative estimate of drug-likeness (QED) is 0.340. The molecule has 0 aliphatic rings. The monoisotopic (exact) mass is 457 g/mol. The lowest BCUT2D eigenvalue weighted by Gasteiger charge is -2.12. The lowest BCUT2D eigenvalue weighted by atomic mass is 9.98. The number of nitrogens with one attached hydrogen (secondary N) is 1. The van der Waals surface area contributed by atoms with Crippen LogP contribution in [0.15, 0.2) is 78.9 Å². The number of aromatic amines is 1. The predicted octanol–water partition coefficient (Wildman–Crippen LogP) is 5.69. The summed E-state index contributed by atoms with van der Waals surface area (Å²) >= 11 is 0. The molecule has 0 fully saturated rings. The maximum absolute atomic E-state index is 6.18. The highest BCUT2D eigenvalue weighted by Gasteiger charge is 2.10. The molecule has 0 atom stereocenters. The first-order valence-electron chi connectivity index (χ1n) is 10.8. The van der Waals surface area contributed by atoms with E-state index in [-0.39, 0.29) is 12.4 Å². The van der Waals surface area contributed by atoms with Crippen molar-refractivity contribution in [2.24, 2.45) is 0 Å². The van der Waals surface area contributed by atoms with Crippen LogP contribution in [0.5, 0.6) is 5.75 Å². The van der Waals surface area contributed by atoms with Gasteiger partial charge in [0.25, 0.3) is 0 Å². The Morgan fingerprint density at radius 1 is 0.879 bits per heavy atom. The lowest BCUT2D eigenvalue weighted by molar-refractivity contribution is 0.325. The third kappa shape index (κ3) is 4.86. The highest BCUT2D eigenvalue weighted by atomic mass is 35.5. The molecular weight excluding hydrogens is 434 g/mol. The van der Waals surface area contributed by atoms with E-state index in [9.17, 15) is 0 Å². The van der Waals surface area contributed by atoms with Crippen LogP contribution in [0.1, 0.15) is 18.2 Å². The van der Waals surface area contributed by atoms with Gasteiger partial charge in [0.1, 0.15) is 5.75 Å². The first-order chi connectivity index (χ1) is 15.8. The number of nitrogens with zero attached hydrogens (tertiary/aromatic N) is 4. The average Bonchev–Trinajstić information content (AvgIpc) is 3.39. The largest absolute Gasteiger partial charge is 0.492 e. The summed E-state index contributed by atoms with van der Waals surface area (Å²) in [5, 5.41) is 15.4. The van der Waals surface area contributed by atoms with Gasteiger partial charge < -0.3 is 4.74 Å². The van der Waals surface area contributed by atoms with Gasteiger partial charge in [-0.05, 0) is 45.7 Å². The molecule has 5 rings (SSSR count). The van der Waals surface area contributed by atoms with Crippen LogP contribution in [-0.2, 0) is 12.8 Å². The highest BCUT2D eigenvalue weighted by Crippen LogP contribution is 2.30. The zero-order chi connectivity index (χ0) is 21.8. The molecule has 0 saturated heterocycles. The Labute approximate surface area is 198 Å². The fourth-order valence-corrected chi connectivity index (χ4v) is 3.84. The average molecular weight is 458 g/mol. The van der Waals surface area contributed by atoms with Gasteiger partial charge in [0.2, 0.25) is 0 Å². The fourth-order valence-electron chi connectivity index (χ4n) is 3.84. The van der Waals surface area contributed by atoms with Crippen molar-refractivity contribution in [1.29, 1.82) is 0 Å². The van der Waals surface area contributed by atoms with Crippen LogP contribution in [0.25, 0.3) is 33.4 Å².